The number of ether oxygens (including phenoxy) is 2. The van der Waals surface area contributed by atoms with Crippen molar-refractivity contribution in [3.8, 4) is 11.5 Å². The highest BCUT2D eigenvalue weighted by Crippen LogP contribution is 2.35. The summed E-state index contributed by atoms with van der Waals surface area (Å²) in [5.74, 6) is 1.75. The van der Waals surface area contributed by atoms with Crippen molar-refractivity contribution >= 4 is 21.5 Å². The Hall–Kier alpha value is -2.22. The molecule has 0 spiro atoms. The Morgan fingerprint density at radius 1 is 0.577 bits per heavy atom. The van der Waals surface area contributed by atoms with Gasteiger partial charge in [-0.15, -0.1) is 0 Å². The van der Waals surface area contributed by atoms with E-state index in [1.54, 1.807) is 0 Å². The average molecular weight is 351 g/mol. The summed E-state index contributed by atoms with van der Waals surface area (Å²) in [6, 6.07) is 17.3. The lowest BCUT2D eigenvalue weighted by molar-refractivity contribution is 0.260. The molecule has 0 amide bonds. The molecule has 3 aromatic rings. The second-order valence-corrected chi connectivity index (χ2v) is 6.96. The lowest BCUT2D eigenvalue weighted by Crippen LogP contribution is -2.02. The van der Waals surface area contributed by atoms with E-state index in [4.69, 9.17) is 9.47 Å². The SMILES string of the molecule is CCCCCOc1cc2cc3ccccc3cc2cc1OCCCCC. The van der Waals surface area contributed by atoms with Gasteiger partial charge in [0, 0.05) is 0 Å². The van der Waals surface area contributed by atoms with Crippen molar-refractivity contribution in [2.45, 2.75) is 52.4 Å². The monoisotopic (exact) mass is 350 g/mol. The quantitative estimate of drug-likeness (QED) is 0.286. The molecule has 0 heterocycles. The zero-order valence-corrected chi connectivity index (χ0v) is 16.1. The van der Waals surface area contributed by atoms with E-state index in [-0.39, 0.29) is 0 Å². The Labute approximate surface area is 157 Å². The molecule has 138 valence electrons. The Bertz CT molecular complexity index is 768. The Morgan fingerprint density at radius 2 is 1.04 bits per heavy atom. The third-order valence-corrected chi connectivity index (χ3v) is 4.78. The van der Waals surface area contributed by atoms with E-state index in [9.17, 15) is 0 Å². The molecule has 0 aromatic heterocycles. The lowest BCUT2D eigenvalue weighted by atomic mass is 10.0. The zero-order chi connectivity index (χ0) is 18.2. The smallest absolute Gasteiger partial charge is 0.161 e. The van der Waals surface area contributed by atoms with Crippen LogP contribution in [0.2, 0.25) is 0 Å². The molecule has 26 heavy (non-hydrogen) atoms. The second kappa shape index (κ2) is 9.47. The van der Waals surface area contributed by atoms with E-state index in [0.717, 1.165) is 37.6 Å². The molecule has 0 N–H and O–H groups in total. The Balaban J connectivity index is 1.89. The van der Waals surface area contributed by atoms with Crippen molar-refractivity contribution < 1.29 is 9.47 Å². The van der Waals surface area contributed by atoms with E-state index in [1.807, 2.05) is 0 Å². The summed E-state index contributed by atoms with van der Waals surface area (Å²) in [6.45, 7) is 5.92. The van der Waals surface area contributed by atoms with Gasteiger partial charge in [0.15, 0.2) is 11.5 Å². The number of hydrogen-bond donors (Lipinski definition) is 0. The molecule has 0 aliphatic rings. The summed E-state index contributed by atoms with van der Waals surface area (Å²) >= 11 is 0. The maximum atomic E-state index is 6.09. The van der Waals surface area contributed by atoms with Gasteiger partial charge in [-0.05, 0) is 58.7 Å². The van der Waals surface area contributed by atoms with Gasteiger partial charge in [0.25, 0.3) is 0 Å². The van der Waals surface area contributed by atoms with Crippen molar-refractivity contribution in [1.82, 2.24) is 0 Å². The van der Waals surface area contributed by atoms with Crippen molar-refractivity contribution in [1.29, 1.82) is 0 Å². The summed E-state index contributed by atoms with van der Waals surface area (Å²) in [6.07, 6.45) is 6.97. The topological polar surface area (TPSA) is 18.5 Å². The fraction of sp³-hybridized carbons (Fsp3) is 0.417. The first-order valence-corrected chi connectivity index (χ1v) is 10.0. The average Bonchev–Trinajstić information content (AvgIpc) is 2.67. The fourth-order valence-electron chi connectivity index (χ4n) is 3.24. The number of unbranched alkanes of at least 4 members (excludes halogenated alkanes) is 4. The van der Waals surface area contributed by atoms with Crippen LogP contribution in [0.3, 0.4) is 0 Å². The van der Waals surface area contributed by atoms with E-state index >= 15 is 0 Å². The largest absolute Gasteiger partial charge is 0.490 e. The van der Waals surface area contributed by atoms with E-state index < -0.39 is 0 Å². The third kappa shape index (κ3) is 4.69. The van der Waals surface area contributed by atoms with Crippen LogP contribution in [-0.4, -0.2) is 13.2 Å². The van der Waals surface area contributed by atoms with Crippen molar-refractivity contribution in [3.05, 3.63) is 48.5 Å². The molecule has 0 unspecified atom stereocenters. The maximum Gasteiger partial charge on any atom is 0.161 e. The van der Waals surface area contributed by atoms with Crippen LogP contribution in [0.5, 0.6) is 11.5 Å². The highest BCUT2D eigenvalue weighted by atomic mass is 16.5. The molecule has 0 aliphatic carbocycles. The first-order valence-electron chi connectivity index (χ1n) is 10.0. The molecule has 0 fully saturated rings. The fourth-order valence-corrected chi connectivity index (χ4v) is 3.24. The number of hydrogen-bond acceptors (Lipinski definition) is 2. The minimum absolute atomic E-state index is 0.748. The van der Waals surface area contributed by atoms with Crippen LogP contribution in [0.25, 0.3) is 21.5 Å². The van der Waals surface area contributed by atoms with Crippen molar-refractivity contribution in [3.63, 3.8) is 0 Å². The van der Waals surface area contributed by atoms with Crippen LogP contribution in [0.4, 0.5) is 0 Å². The highest BCUT2D eigenvalue weighted by Gasteiger charge is 2.09. The minimum Gasteiger partial charge on any atom is -0.490 e. The number of benzene rings is 3. The first kappa shape index (κ1) is 18.6. The molecule has 0 bridgehead atoms. The van der Waals surface area contributed by atoms with E-state index in [1.165, 1.54) is 47.2 Å². The highest BCUT2D eigenvalue weighted by molar-refractivity contribution is 5.99. The van der Waals surface area contributed by atoms with Gasteiger partial charge >= 0.3 is 0 Å². The van der Waals surface area contributed by atoms with Gasteiger partial charge in [-0.1, -0.05) is 63.8 Å². The Morgan fingerprint density at radius 3 is 1.46 bits per heavy atom. The van der Waals surface area contributed by atoms with Crippen LogP contribution < -0.4 is 9.47 Å². The molecule has 0 aliphatic heterocycles. The standard InChI is InChI=1S/C24H30O2/c1-3-5-9-13-25-23-17-21-15-19-11-7-8-12-20(19)16-22(21)18-24(23)26-14-10-6-4-2/h7-8,11-12,15-18H,3-6,9-10,13-14H2,1-2H3. The van der Waals surface area contributed by atoms with Crippen LogP contribution >= 0.6 is 0 Å². The second-order valence-electron chi connectivity index (χ2n) is 6.96. The molecule has 2 nitrogen and oxygen atoms in total. The number of rotatable bonds is 10. The van der Waals surface area contributed by atoms with Gasteiger partial charge < -0.3 is 9.47 Å². The normalized spacial score (nSPS) is 11.2. The van der Waals surface area contributed by atoms with Gasteiger partial charge in [0.1, 0.15) is 0 Å². The minimum atomic E-state index is 0.748. The van der Waals surface area contributed by atoms with E-state index in [0.29, 0.717) is 0 Å². The molecule has 0 saturated carbocycles. The summed E-state index contributed by atoms with van der Waals surface area (Å²) in [5, 5.41) is 4.92. The Kier molecular flexibility index (Phi) is 6.76. The predicted octanol–water partition coefficient (Wildman–Crippen LogP) is 7.13. The summed E-state index contributed by atoms with van der Waals surface area (Å²) < 4.78 is 12.2. The van der Waals surface area contributed by atoms with Crippen LogP contribution in [-0.2, 0) is 0 Å². The molecule has 0 saturated heterocycles. The predicted molar refractivity (Wildman–Crippen MR) is 111 cm³/mol. The molecule has 3 rings (SSSR count). The zero-order valence-electron chi connectivity index (χ0n) is 16.1. The molecular weight excluding hydrogens is 320 g/mol. The summed E-state index contributed by atoms with van der Waals surface area (Å²) in [4.78, 5) is 0. The molecular formula is C24H30O2. The lowest BCUT2D eigenvalue weighted by Gasteiger charge is -2.15. The molecule has 0 radical (unpaired) electrons. The third-order valence-electron chi connectivity index (χ3n) is 4.78. The van der Waals surface area contributed by atoms with Gasteiger partial charge in [0.2, 0.25) is 0 Å². The van der Waals surface area contributed by atoms with Crippen LogP contribution in [0.1, 0.15) is 52.4 Å². The number of fused-ring (bicyclic) bond motifs is 2. The van der Waals surface area contributed by atoms with Crippen LogP contribution in [0.15, 0.2) is 48.5 Å². The van der Waals surface area contributed by atoms with Gasteiger partial charge in [0.05, 0.1) is 13.2 Å². The van der Waals surface area contributed by atoms with Crippen molar-refractivity contribution in [2.75, 3.05) is 13.2 Å². The first-order chi connectivity index (χ1) is 12.8. The van der Waals surface area contributed by atoms with Gasteiger partial charge in [-0.25, -0.2) is 0 Å². The maximum absolute atomic E-state index is 6.09. The summed E-state index contributed by atoms with van der Waals surface area (Å²) in [5.41, 5.74) is 0. The molecule has 2 heteroatoms. The molecule has 3 aromatic carbocycles. The van der Waals surface area contributed by atoms with E-state index in [2.05, 4.69) is 62.4 Å². The van der Waals surface area contributed by atoms with Gasteiger partial charge in [-0.2, -0.15) is 0 Å². The van der Waals surface area contributed by atoms with Crippen LogP contribution in [0, 0.1) is 0 Å². The molecule has 0 atom stereocenters. The van der Waals surface area contributed by atoms with Crippen molar-refractivity contribution in [2.24, 2.45) is 0 Å². The van der Waals surface area contributed by atoms with Gasteiger partial charge in [-0.3, -0.25) is 0 Å². The summed E-state index contributed by atoms with van der Waals surface area (Å²) in [7, 11) is 0.